The van der Waals surface area contributed by atoms with E-state index in [2.05, 4.69) is 5.32 Å². The molecule has 1 aromatic rings. The molecular formula is C10H11NO4. The highest BCUT2D eigenvalue weighted by molar-refractivity contribution is 6.29. The van der Waals surface area contributed by atoms with Crippen LogP contribution in [0.1, 0.15) is 0 Å². The summed E-state index contributed by atoms with van der Waals surface area (Å²) in [5, 5.41) is 2.37. The smallest absolute Gasteiger partial charge is 0.288 e. The summed E-state index contributed by atoms with van der Waals surface area (Å²) in [5.41, 5.74) is 0.397. The molecule has 80 valence electrons. The van der Waals surface area contributed by atoms with Crippen LogP contribution < -0.4 is 14.8 Å². The molecule has 0 aliphatic rings. The molecule has 1 amide bonds. The molecule has 1 N–H and O–H groups in total. The minimum absolute atomic E-state index is 0.193. The number of ether oxygens (including phenoxy) is 2. The molecule has 15 heavy (non-hydrogen) atoms. The van der Waals surface area contributed by atoms with E-state index in [1.54, 1.807) is 18.2 Å². The Kier molecular flexibility index (Phi) is 3.68. The summed E-state index contributed by atoms with van der Waals surface area (Å²) >= 11 is 0. The van der Waals surface area contributed by atoms with Gasteiger partial charge in [0.05, 0.1) is 19.9 Å². The Balaban J connectivity index is 3.00. The molecule has 0 aliphatic carbocycles. The zero-order valence-corrected chi connectivity index (χ0v) is 8.44. The van der Waals surface area contributed by atoms with Gasteiger partial charge in [-0.25, -0.2) is 0 Å². The fourth-order valence-electron chi connectivity index (χ4n) is 1.07. The van der Waals surface area contributed by atoms with Gasteiger partial charge in [-0.05, 0) is 12.1 Å². The molecule has 0 saturated carbocycles. The van der Waals surface area contributed by atoms with E-state index in [1.807, 2.05) is 0 Å². The van der Waals surface area contributed by atoms with Crippen LogP contribution in [0.3, 0.4) is 0 Å². The zero-order chi connectivity index (χ0) is 11.3. The molecule has 0 atom stereocenters. The molecule has 1 rings (SSSR count). The van der Waals surface area contributed by atoms with Crippen molar-refractivity contribution in [3.63, 3.8) is 0 Å². The number of benzene rings is 1. The largest absolute Gasteiger partial charge is 0.497 e. The Morgan fingerprint density at radius 3 is 2.60 bits per heavy atom. The molecule has 1 aromatic carbocycles. The Hall–Kier alpha value is -2.04. The molecule has 0 heterocycles. The maximum absolute atomic E-state index is 10.9. The molecule has 0 fully saturated rings. The lowest BCUT2D eigenvalue weighted by Crippen LogP contribution is -2.13. The number of anilines is 1. The number of aldehydes is 1. The first kappa shape index (κ1) is 11.0. The van der Waals surface area contributed by atoms with Gasteiger partial charge in [-0.2, -0.15) is 0 Å². The van der Waals surface area contributed by atoms with E-state index in [1.165, 1.54) is 14.2 Å². The number of rotatable bonds is 4. The zero-order valence-electron chi connectivity index (χ0n) is 8.44. The van der Waals surface area contributed by atoms with Crippen molar-refractivity contribution >= 4 is 17.9 Å². The number of hydrogen-bond acceptors (Lipinski definition) is 4. The molecule has 5 nitrogen and oxygen atoms in total. The van der Waals surface area contributed by atoms with E-state index in [9.17, 15) is 9.59 Å². The molecule has 0 unspecified atom stereocenters. The van der Waals surface area contributed by atoms with Crippen LogP contribution in [0, 0.1) is 0 Å². The fraction of sp³-hybridized carbons (Fsp3) is 0.200. The first-order valence-corrected chi connectivity index (χ1v) is 4.19. The Bertz CT molecular complexity index is 376. The van der Waals surface area contributed by atoms with E-state index < -0.39 is 5.91 Å². The first-order valence-electron chi connectivity index (χ1n) is 4.19. The SMILES string of the molecule is COc1ccc(OC)c(NC(=O)C=O)c1. The van der Waals surface area contributed by atoms with Gasteiger partial charge in [-0.3, -0.25) is 9.59 Å². The fourth-order valence-corrected chi connectivity index (χ4v) is 1.07. The Morgan fingerprint density at radius 1 is 1.33 bits per heavy atom. The number of nitrogens with one attached hydrogen (secondary N) is 1. The maximum atomic E-state index is 10.9. The van der Waals surface area contributed by atoms with Gasteiger partial charge in [0.25, 0.3) is 5.91 Å². The van der Waals surface area contributed by atoms with Crippen molar-refractivity contribution in [3.05, 3.63) is 18.2 Å². The van der Waals surface area contributed by atoms with Crippen LogP contribution in [0.2, 0.25) is 0 Å². The molecule has 0 bridgehead atoms. The number of carbonyl (C=O) groups excluding carboxylic acids is 2. The lowest BCUT2D eigenvalue weighted by molar-refractivity contribution is -0.127. The summed E-state index contributed by atoms with van der Waals surface area (Å²) in [6.07, 6.45) is 0.193. The maximum Gasteiger partial charge on any atom is 0.288 e. The standard InChI is InChI=1S/C10H11NO4/c1-14-7-3-4-9(15-2)8(5-7)11-10(13)6-12/h3-6H,1-2H3,(H,11,13). The van der Waals surface area contributed by atoms with E-state index in [0.29, 0.717) is 17.2 Å². The van der Waals surface area contributed by atoms with E-state index in [4.69, 9.17) is 9.47 Å². The number of carbonyl (C=O) groups is 2. The third kappa shape index (κ3) is 2.70. The van der Waals surface area contributed by atoms with Crippen molar-refractivity contribution in [2.75, 3.05) is 19.5 Å². The normalized spacial score (nSPS) is 9.20. The molecule has 0 radical (unpaired) electrons. The number of amides is 1. The van der Waals surface area contributed by atoms with Crippen LogP contribution in [0.15, 0.2) is 18.2 Å². The second kappa shape index (κ2) is 4.99. The average Bonchev–Trinajstić information content (AvgIpc) is 2.28. The van der Waals surface area contributed by atoms with Gasteiger partial charge in [-0.1, -0.05) is 0 Å². The minimum Gasteiger partial charge on any atom is -0.497 e. The van der Waals surface area contributed by atoms with Crippen LogP contribution in [-0.4, -0.2) is 26.4 Å². The molecular weight excluding hydrogens is 198 g/mol. The van der Waals surface area contributed by atoms with Crippen molar-refractivity contribution < 1.29 is 19.1 Å². The summed E-state index contributed by atoms with van der Waals surface area (Å²) in [5.74, 6) is 0.296. The van der Waals surface area contributed by atoms with Crippen molar-refractivity contribution in [2.45, 2.75) is 0 Å². The van der Waals surface area contributed by atoms with E-state index in [-0.39, 0.29) is 6.29 Å². The van der Waals surface area contributed by atoms with Gasteiger partial charge in [0.15, 0.2) is 0 Å². The molecule has 0 saturated heterocycles. The second-order valence-electron chi connectivity index (χ2n) is 2.67. The van der Waals surface area contributed by atoms with E-state index >= 15 is 0 Å². The van der Waals surface area contributed by atoms with Gasteiger partial charge in [0, 0.05) is 6.07 Å². The third-order valence-electron chi connectivity index (χ3n) is 1.77. The van der Waals surface area contributed by atoms with Gasteiger partial charge in [0.2, 0.25) is 6.29 Å². The lowest BCUT2D eigenvalue weighted by Gasteiger charge is -2.09. The molecule has 5 heteroatoms. The molecule has 0 aromatic heterocycles. The quantitative estimate of drug-likeness (QED) is 0.589. The van der Waals surface area contributed by atoms with Crippen LogP contribution in [0.25, 0.3) is 0 Å². The van der Waals surface area contributed by atoms with Gasteiger partial charge in [-0.15, -0.1) is 0 Å². The Morgan fingerprint density at radius 2 is 2.07 bits per heavy atom. The average molecular weight is 209 g/mol. The monoisotopic (exact) mass is 209 g/mol. The highest BCUT2D eigenvalue weighted by Crippen LogP contribution is 2.28. The summed E-state index contributed by atoms with van der Waals surface area (Å²) in [6.45, 7) is 0. The molecule has 0 aliphatic heterocycles. The highest BCUT2D eigenvalue weighted by Gasteiger charge is 2.07. The first-order chi connectivity index (χ1) is 7.21. The second-order valence-corrected chi connectivity index (χ2v) is 2.67. The highest BCUT2D eigenvalue weighted by atomic mass is 16.5. The van der Waals surface area contributed by atoms with Crippen LogP contribution in [0.5, 0.6) is 11.5 Å². The minimum atomic E-state index is -0.735. The summed E-state index contributed by atoms with van der Waals surface area (Å²) in [6, 6.07) is 4.90. The van der Waals surface area contributed by atoms with Crippen LogP contribution in [-0.2, 0) is 9.59 Å². The summed E-state index contributed by atoms with van der Waals surface area (Å²) < 4.78 is 9.98. The van der Waals surface area contributed by atoms with Gasteiger partial charge in [0.1, 0.15) is 11.5 Å². The number of hydrogen-bond donors (Lipinski definition) is 1. The van der Waals surface area contributed by atoms with Crippen molar-refractivity contribution in [2.24, 2.45) is 0 Å². The lowest BCUT2D eigenvalue weighted by atomic mass is 10.2. The van der Waals surface area contributed by atoms with Crippen LogP contribution >= 0.6 is 0 Å². The summed E-state index contributed by atoms with van der Waals surface area (Å²) in [7, 11) is 2.98. The summed E-state index contributed by atoms with van der Waals surface area (Å²) in [4.78, 5) is 21.1. The van der Waals surface area contributed by atoms with Crippen molar-refractivity contribution in [1.29, 1.82) is 0 Å². The van der Waals surface area contributed by atoms with Crippen molar-refractivity contribution in [3.8, 4) is 11.5 Å². The van der Waals surface area contributed by atoms with Gasteiger partial charge >= 0.3 is 0 Å². The van der Waals surface area contributed by atoms with E-state index in [0.717, 1.165) is 0 Å². The van der Waals surface area contributed by atoms with Crippen LogP contribution in [0.4, 0.5) is 5.69 Å². The number of methoxy groups -OCH3 is 2. The Labute approximate surface area is 87.0 Å². The predicted molar refractivity (Wildman–Crippen MR) is 54.2 cm³/mol. The van der Waals surface area contributed by atoms with Crippen molar-refractivity contribution in [1.82, 2.24) is 0 Å². The topological polar surface area (TPSA) is 64.6 Å². The molecule has 0 spiro atoms. The van der Waals surface area contributed by atoms with Gasteiger partial charge < -0.3 is 14.8 Å². The predicted octanol–water partition coefficient (Wildman–Crippen LogP) is 0.841. The third-order valence-corrected chi connectivity index (χ3v) is 1.77.